The Balaban J connectivity index is 2.32. The molecule has 98 valence electrons. The fourth-order valence-electron chi connectivity index (χ4n) is 2.07. The van der Waals surface area contributed by atoms with Crippen molar-refractivity contribution in [1.82, 2.24) is 10.6 Å². The summed E-state index contributed by atoms with van der Waals surface area (Å²) < 4.78 is 0. The second-order valence-electron chi connectivity index (χ2n) is 4.60. The number of amides is 1. The van der Waals surface area contributed by atoms with Crippen molar-refractivity contribution in [2.45, 2.75) is 57.5 Å². The van der Waals surface area contributed by atoms with E-state index in [0.29, 0.717) is 12.8 Å². The maximum Gasteiger partial charge on any atom is 0.326 e. The molecule has 1 amide bonds. The highest BCUT2D eigenvalue weighted by atomic mass is 16.4. The minimum absolute atomic E-state index is 0.159. The highest BCUT2D eigenvalue weighted by Crippen LogP contribution is 2.09. The van der Waals surface area contributed by atoms with Gasteiger partial charge in [-0.25, -0.2) is 4.79 Å². The zero-order valence-corrected chi connectivity index (χ0v) is 10.4. The molecule has 1 heterocycles. The van der Waals surface area contributed by atoms with E-state index in [1.165, 1.54) is 0 Å². The van der Waals surface area contributed by atoms with Gasteiger partial charge in [0.2, 0.25) is 5.91 Å². The van der Waals surface area contributed by atoms with Crippen molar-refractivity contribution < 1.29 is 14.7 Å². The van der Waals surface area contributed by atoms with Crippen molar-refractivity contribution in [2.24, 2.45) is 0 Å². The molecule has 5 nitrogen and oxygen atoms in total. The van der Waals surface area contributed by atoms with E-state index < -0.39 is 12.0 Å². The molecule has 1 aliphatic heterocycles. The molecule has 0 aliphatic carbocycles. The fraction of sp³-hybridized carbons (Fsp3) is 0.833. The normalized spacial score (nSPS) is 21.1. The number of unbranched alkanes of at least 4 members (excludes halogenated alkanes) is 1. The summed E-state index contributed by atoms with van der Waals surface area (Å²) in [6.45, 7) is 2.96. The fourth-order valence-corrected chi connectivity index (χ4v) is 2.07. The third-order valence-corrected chi connectivity index (χ3v) is 3.07. The summed E-state index contributed by atoms with van der Waals surface area (Å²) in [4.78, 5) is 22.6. The Morgan fingerprint density at radius 2 is 2.29 bits per heavy atom. The second-order valence-corrected chi connectivity index (χ2v) is 4.60. The van der Waals surface area contributed by atoms with Gasteiger partial charge < -0.3 is 15.7 Å². The number of carboxylic acids is 1. The monoisotopic (exact) mass is 242 g/mol. The van der Waals surface area contributed by atoms with Gasteiger partial charge in [-0.15, -0.1) is 0 Å². The summed E-state index contributed by atoms with van der Waals surface area (Å²) in [7, 11) is 0. The average molecular weight is 242 g/mol. The van der Waals surface area contributed by atoms with Crippen LogP contribution in [0.15, 0.2) is 0 Å². The highest BCUT2D eigenvalue weighted by molar-refractivity contribution is 5.83. The molecule has 1 saturated heterocycles. The van der Waals surface area contributed by atoms with Gasteiger partial charge >= 0.3 is 5.97 Å². The van der Waals surface area contributed by atoms with Gasteiger partial charge in [-0.05, 0) is 25.8 Å². The number of carboxylic acid groups (broad SMARTS) is 1. The van der Waals surface area contributed by atoms with Crippen molar-refractivity contribution in [3.05, 3.63) is 0 Å². The van der Waals surface area contributed by atoms with Crippen LogP contribution in [0.3, 0.4) is 0 Å². The zero-order chi connectivity index (χ0) is 12.7. The standard InChI is InChI=1S/C12H22N2O3/c1-2-3-6-10(12(16)17)14-11(15)8-9-5-4-7-13-9/h9-10,13H,2-8H2,1H3,(H,14,15)(H,16,17)/t9?,10-/m0/s1. The number of rotatable bonds is 7. The zero-order valence-electron chi connectivity index (χ0n) is 10.4. The molecule has 1 rings (SSSR count). The van der Waals surface area contributed by atoms with Crippen molar-refractivity contribution in [3.63, 3.8) is 0 Å². The predicted octanol–water partition coefficient (Wildman–Crippen LogP) is 0.888. The SMILES string of the molecule is CCCC[C@H](NC(=O)CC1CCCN1)C(=O)O. The van der Waals surface area contributed by atoms with Crippen molar-refractivity contribution in [3.8, 4) is 0 Å². The lowest BCUT2D eigenvalue weighted by atomic mass is 10.1. The van der Waals surface area contributed by atoms with Crippen LogP contribution >= 0.6 is 0 Å². The number of aliphatic carboxylic acids is 1. The summed E-state index contributed by atoms with van der Waals surface area (Å²) in [6.07, 6.45) is 4.74. The molecular formula is C12H22N2O3. The summed E-state index contributed by atoms with van der Waals surface area (Å²) in [5.41, 5.74) is 0. The second kappa shape index (κ2) is 7.27. The lowest BCUT2D eigenvalue weighted by Gasteiger charge is -2.16. The molecule has 1 aliphatic rings. The predicted molar refractivity (Wildman–Crippen MR) is 64.7 cm³/mol. The first-order valence-corrected chi connectivity index (χ1v) is 6.39. The van der Waals surface area contributed by atoms with E-state index in [9.17, 15) is 9.59 Å². The smallest absolute Gasteiger partial charge is 0.326 e. The van der Waals surface area contributed by atoms with Gasteiger partial charge in [0.25, 0.3) is 0 Å². The summed E-state index contributed by atoms with van der Waals surface area (Å²) in [6, 6.07) is -0.514. The van der Waals surface area contributed by atoms with Crippen LogP contribution in [0.1, 0.15) is 45.4 Å². The number of hydrogen-bond donors (Lipinski definition) is 3. The largest absolute Gasteiger partial charge is 0.480 e. The number of nitrogens with one attached hydrogen (secondary N) is 2. The Bertz CT molecular complexity index is 262. The lowest BCUT2D eigenvalue weighted by Crippen LogP contribution is -2.42. The van der Waals surface area contributed by atoms with Crippen LogP contribution in [0.5, 0.6) is 0 Å². The Morgan fingerprint density at radius 1 is 1.53 bits per heavy atom. The Kier molecular flexibility index (Phi) is 5.97. The van der Waals surface area contributed by atoms with Crippen molar-refractivity contribution in [1.29, 1.82) is 0 Å². The molecule has 2 atom stereocenters. The van der Waals surface area contributed by atoms with Gasteiger partial charge in [-0.1, -0.05) is 19.8 Å². The van der Waals surface area contributed by atoms with E-state index in [4.69, 9.17) is 5.11 Å². The lowest BCUT2D eigenvalue weighted by molar-refractivity contribution is -0.142. The molecule has 0 spiro atoms. The van der Waals surface area contributed by atoms with E-state index in [0.717, 1.165) is 32.2 Å². The first-order chi connectivity index (χ1) is 8.13. The van der Waals surface area contributed by atoms with Crippen LogP contribution in [0.25, 0.3) is 0 Å². The van der Waals surface area contributed by atoms with Crippen LogP contribution in [-0.2, 0) is 9.59 Å². The summed E-state index contributed by atoms with van der Waals surface area (Å²) in [5, 5.41) is 14.8. The molecular weight excluding hydrogens is 220 g/mol. The van der Waals surface area contributed by atoms with Gasteiger partial charge in [0.15, 0.2) is 0 Å². The molecule has 0 aromatic carbocycles. The van der Waals surface area contributed by atoms with Gasteiger partial charge in [0, 0.05) is 12.5 Å². The van der Waals surface area contributed by atoms with Crippen LogP contribution < -0.4 is 10.6 Å². The summed E-state index contributed by atoms with van der Waals surface area (Å²) >= 11 is 0. The van der Waals surface area contributed by atoms with Gasteiger partial charge in [0.05, 0.1) is 0 Å². The van der Waals surface area contributed by atoms with E-state index >= 15 is 0 Å². The van der Waals surface area contributed by atoms with Crippen LogP contribution in [0.4, 0.5) is 0 Å². The molecule has 0 aromatic heterocycles. The number of carbonyl (C=O) groups is 2. The molecule has 5 heteroatoms. The quantitative estimate of drug-likeness (QED) is 0.619. The molecule has 1 unspecified atom stereocenters. The Hall–Kier alpha value is -1.10. The van der Waals surface area contributed by atoms with Crippen LogP contribution in [0, 0.1) is 0 Å². The molecule has 0 aromatic rings. The van der Waals surface area contributed by atoms with Gasteiger partial charge in [-0.3, -0.25) is 4.79 Å². The average Bonchev–Trinajstić information content (AvgIpc) is 2.76. The number of hydrogen-bond acceptors (Lipinski definition) is 3. The van der Waals surface area contributed by atoms with Crippen molar-refractivity contribution in [2.75, 3.05) is 6.54 Å². The molecule has 1 fully saturated rings. The maximum absolute atomic E-state index is 11.7. The molecule has 0 saturated carbocycles. The molecule has 17 heavy (non-hydrogen) atoms. The van der Waals surface area contributed by atoms with E-state index in [-0.39, 0.29) is 11.9 Å². The molecule has 3 N–H and O–H groups in total. The van der Waals surface area contributed by atoms with E-state index in [2.05, 4.69) is 10.6 Å². The highest BCUT2D eigenvalue weighted by Gasteiger charge is 2.22. The van der Waals surface area contributed by atoms with E-state index in [1.54, 1.807) is 0 Å². The third-order valence-electron chi connectivity index (χ3n) is 3.07. The van der Waals surface area contributed by atoms with Crippen LogP contribution in [0.2, 0.25) is 0 Å². The molecule has 0 radical (unpaired) electrons. The van der Waals surface area contributed by atoms with Gasteiger partial charge in [0.1, 0.15) is 6.04 Å². The topological polar surface area (TPSA) is 78.4 Å². The summed E-state index contributed by atoms with van der Waals surface area (Å²) in [5.74, 6) is -1.10. The minimum Gasteiger partial charge on any atom is -0.480 e. The van der Waals surface area contributed by atoms with Gasteiger partial charge in [-0.2, -0.15) is 0 Å². The number of carbonyl (C=O) groups excluding carboxylic acids is 1. The molecule has 0 bridgehead atoms. The first-order valence-electron chi connectivity index (χ1n) is 6.39. The Labute approximate surface area is 102 Å². The Morgan fingerprint density at radius 3 is 2.82 bits per heavy atom. The first kappa shape index (κ1) is 14.0. The minimum atomic E-state index is -0.939. The van der Waals surface area contributed by atoms with Crippen molar-refractivity contribution >= 4 is 11.9 Å². The van der Waals surface area contributed by atoms with Crippen LogP contribution in [-0.4, -0.2) is 35.6 Å². The maximum atomic E-state index is 11.7. The van der Waals surface area contributed by atoms with E-state index in [1.807, 2.05) is 6.92 Å². The third kappa shape index (κ3) is 5.17.